The van der Waals surface area contributed by atoms with Crippen LogP contribution in [0.5, 0.6) is 5.75 Å². The highest BCUT2D eigenvalue weighted by Crippen LogP contribution is 2.48. The number of hydrogen-bond acceptors (Lipinski definition) is 5. The predicted molar refractivity (Wildman–Crippen MR) is 117 cm³/mol. The van der Waals surface area contributed by atoms with Gasteiger partial charge >= 0.3 is 6.03 Å². The van der Waals surface area contributed by atoms with E-state index in [0.717, 1.165) is 26.1 Å². The number of phenols is 1. The third-order valence-electron chi connectivity index (χ3n) is 5.95. The topological polar surface area (TPSA) is 64.1 Å². The molecule has 6 nitrogen and oxygen atoms in total. The van der Waals surface area contributed by atoms with Crippen molar-refractivity contribution < 1.29 is 14.7 Å². The average molecular weight is 422 g/mol. The summed E-state index contributed by atoms with van der Waals surface area (Å²) >= 11 is 1.67. The van der Waals surface area contributed by atoms with Gasteiger partial charge in [-0.3, -0.25) is 14.6 Å². The highest BCUT2D eigenvalue weighted by molar-refractivity contribution is 7.19. The van der Waals surface area contributed by atoms with Crippen molar-refractivity contribution in [3.05, 3.63) is 64.5 Å². The van der Waals surface area contributed by atoms with Crippen LogP contribution in [-0.2, 0) is 11.2 Å². The first-order valence-electron chi connectivity index (χ1n) is 10.0. The molecule has 0 saturated carbocycles. The number of amides is 3. The fourth-order valence-corrected chi connectivity index (χ4v) is 5.89. The fraction of sp³-hybridized carbons (Fsp3) is 0.304. The zero-order valence-electron chi connectivity index (χ0n) is 16.9. The van der Waals surface area contributed by atoms with Gasteiger partial charge in [0.2, 0.25) is 0 Å². The number of hydrogen-bond donors (Lipinski definition) is 1. The van der Waals surface area contributed by atoms with Gasteiger partial charge in [0.25, 0.3) is 5.91 Å². The number of urea groups is 1. The molecule has 2 atom stereocenters. The van der Waals surface area contributed by atoms with Crippen molar-refractivity contribution in [1.82, 2.24) is 14.7 Å². The molecule has 3 heterocycles. The Bertz CT molecular complexity index is 1160. The van der Waals surface area contributed by atoms with Gasteiger partial charge in [0.15, 0.2) is 0 Å². The highest BCUT2D eigenvalue weighted by Gasteiger charge is 2.52. The molecule has 0 spiro atoms. The van der Waals surface area contributed by atoms with Gasteiger partial charge in [-0.15, -0.1) is 11.3 Å². The average Bonchev–Trinajstić information content (AvgIpc) is 3.20. The Morgan fingerprint density at radius 1 is 1.13 bits per heavy atom. The second-order valence-corrected chi connectivity index (χ2v) is 9.23. The van der Waals surface area contributed by atoms with E-state index in [1.165, 1.54) is 4.90 Å². The number of likely N-dealkylation sites (N-methyl/N-ethyl adjacent to an activating group) is 1. The van der Waals surface area contributed by atoms with Crippen LogP contribution in [0, 0.1) is 0 Å². The number of nitrogens with zero attached hydrogens (tertiary/aromatic N) is 3. The van der Waals surface area contributed by atoms with Crippen LogP contribution in [0.2, 0.25) is 0 Å². The summed E-state index contributed by atoms with van der Waals surface area (Å²) in [5.74, 6) is 0.0210. The molecule has 30 heavy (non-hydrogen) atoms. The number of rotatable bonds is 4. The zero-order chi connectivity index (χ0) is 21.0. The molecule has 1 unspecified atom stereocenters. The van der Waals surface area contributed by atoms with Crippen molar-refractivity contribution in [1.29, 1.82) is 0 Å². The van der Waals surface area contributed by atoms with E-state index in [9.17, 15) is 14.7 Å². The molecule has 2 aliphatic rings. The predicted octanol–water partition coefficient (Wildman–Crippen LogP) is 3.45. The van der Waals surface area contributed by atoms with E-state index in [1.54, 1.807) is 34.4 Å². The summed E-state index contributed by atoms with van der Waals surface area (Å²) in [5, 5.41) is 11.3. The summed E-state index contributed by atoms with van der Waals surface area (Å²) in [6, 6.07) is 14.1. The maximum absolute atomic E-state index is 13.4. The third kappa shape index (κ3) is 2.88. The number of benzene rings is 2. The standard InChI is InChI=1S/C23H23N3O3S/c1-24(2)10-11-25-22(28)18-13-17-16-8-3-4-9-19(16)30-21(17)20(26(18)23(25)29)14-6-5-7-15(27)12-14/h3-9,12,18,20,27H,10-11,13H2,1-2H3/t18?,20-/m1/s1. The Balaban J connectivity index is 1.66. The molecule has 1 aromatic heterocycles. The van der Waals surface area contributed by atoms with E-state index in [4.69, 9.17) is 0 Å². The van der Waals surface area contributed by atoms with Crippen LogP contribution in [-0.4, -0.2) is 65.0 Å². The number of phenolic OH excluding ortho intramolecular Hbond substituents is 1. The Morgan fingerprint density at radius 3 is 2.70 bits per heavy atom. The lowest BCUT2D eigenvalue weighted by Gasteiger charge is -2.36. The van der Waals surface area contributed by atoms with Crippen LogP contribution in [0.3, 0.4) is 0 Å². The van der Waals surface area contributed by atoms with E-state index in [2.05, 4.69) is 12.1 Å². The molecule has 1 saturated heterocycles. The number of carbonyl (C=O) groups is 2. The normalized spacial score (nSPS) is 20.9. The van der Waals surface area contributed by atoms with Crippen LogP contribution in [0.25, 0.3) is 10.1 Å². The van der Waals surface area contributed by atoms with E-state index < -0.39 is 6.04 Å². The lowest BCUT2D eigenvalue weighted by atomic mass is 9.89. The van der Waals surface area contributed by atoms with Gasteiger partial charge in [-0.25, -0.2) is 4.79 Å². The molecule has 7 heteroatoms. The van der Waals surface area contributed by atoms with Gasteiger partial charge in [-0.1, -0.05) is 30.3 Å². The summed E-state index contributed by atoms with van der Waals surface area (Å²) < 4.78 is 1.15. The highest BCUT2D eigenvalue weighted by atomic mass is 32.1. The molecule has 154 valence electrons. The zero-order valence-corrected chi connectivity index (χ0v) is 17.7. The van der Waals surface area contributed by atoms with Crippen LogP contribution in [0.1, 0.15) is 22.0 Å². The van der Waals surface area contributed by atoms with E-state index in [0.29, 0.717) is 19.5 Å². The first-order chi connectivity index (χ1) is 14.5. The molecule has 3 amide bonds. The first-order valence-corrected chi connectivity index (χ1v) is 10.8. The number of thiophene rings is 1. The molecule has 1 fully saturated rings. The van der Waals surface area contributed by atoms with Crippen molar-refractivity contribution in [2.24, 2.45) is 0 Å². The SMILES string of the molecule is CN(C)CCN1C(=O)C2Cc3c(sc4ccccc34)[C@@H](c3cccc(O)c3)N2C1=O. The summed E-state index contributed by atoms with van der Waals surface area (Å²) in [5.41, 5.74) is 1.96. The molecule has 0 radical (unpaired) electrons. The monoisotopic (exact) mass is 421 g/mol. The van der Waals surface area contributed by atoms with Crippen molar-refractivity contribution >= 4 is 33.4 Å². The van der Waals surface area contributed by atoms with Gasteiger partial charge in [0.05, 0.1) is 6.04 Å². The summed E-state index contributed by atoms with van der Waals surface area (Å²) in [4.78, 5) is 32.8. The number of fused-ring (bicyclic) bond motifs is 4. The van der Waals surface area contributed by atoms with Gasteiger partial charge in [-0.2, -0.15) is 0 Å². The van der Waals surface area contributed by atoms with Gasteiger partial charge < -0.3 is 10.0 Å². The van der Waals surface area contributed by atoms with Crippen molar-refractivity contribution in [2.75, 3.05) is 27.2 Å². The lowest BCUT2D eigenvalue weighted by molar-refractivity contribution is -0.128. The molecule has 0 aliphatic carbocycles. The van der Waals surface area contributed by atoms with Crippen molar-refractivity contribution in [3.63, 3.8) is 0 Å². The van der Waals surface area contributed by atoms with E-state index >= 15 is 0 Å². The lowest BCUT2D eigenvalue weighted by Crippen LogP contribution is -2.43. The second-order valence-electron chi connectivity index (χ2n) is 8.14. The molecule has 0 bridgehead atoms. The quantitative estimate of drug-likeness (QED) is 0.656. The minimum atomic E-state index is -0.516. The minimum Gasteiger partial charge on any atom is -0.508 e. The molecule has 3 aromatic rings. The molecule has 2 aliphatic heterocycles. The molecular weight excluding hydrogens is 398 g/mol. The maximum atomic E-state index is 13.4. The Morgan fingerprint density at radius 2 is 1.93 bits per heavy atom. The van der Waals surface area contributed by atoms with Gasteiger partial charge in [0, 0.05) is 29.1 Å². The summed E-state index contributed by atoms with van der Waals surface area (Å²) in [7, 11) is 3.86. The molecule has 5 rings (SSSR count). The summed E-state index contributed by atoms with van der Waals surface area (Å²) in [6.45, 7) is 0.998. The Kier molecular flexibility index (Phi) is 4.52. The van der Waals surface area contributed by atoms with E-state index in [1.807, 2.05) is 37.2 Å². The van der Waals surface area contributed by atoms with Gasteiger partial charge in [-0.05, 0) is 48.8 Å². The van der Waals surface area contributed by atoms with Crippen LogP contribution in [0.4, 0.5) is 4.79 Å². The smallest absolute Gasteiger partial charge is 0.328 e. The molecular formula is C23H23N3O3S. The summed E-state index contributed by atoms with van der Waals surface area (Å²) in [6.07, 6.45) is 0.525. The van der Waals surface area contributed by atoms with Crippen LogP contribution >= 0.6 is 11.3 Å². The van der Waals surface area contributed by atoms with Crippen molar-refractivity contribution in [3.8, 4) is 5.75 Å². The minimum absolute atomic E-state index is 0.132. The Labute approximate surface area is 178 Å². The Hall–Kier alpha value is -2.90. The fourth-order valence-electron chi connectivity index (χ4n) is 4.52. The van der Waals surface area contributed by atoms with Crippen LogP contribution in [0.15, 0.2) is 48.5 Å². The number of carbonyl (C=O) groups excluding carboxylic acids is 2. The van der Waals surface area contributed by atoms with Crippen molar-refractivity contribution in [2.45, 2.75) is 18.5 Å². The van der Waals surface area contributed by atoms with E-state index in [-0.39, 0.29) is 23.7 Å². The van der Waals surface area contributed by atoms with Crippen LogP contribution < -0.4 is 0 Å². The first kappa shape index (κ1) is 19.1. The molecule has 1 N–H and O–H groups in total. The largest absolute Gasteiger partial charge is 0.508 e. The number of aromatic hydroxyl groups is 1. The number of imide groups is 1. The third-order valence-corrected chi connectivity index (χ3v) is 7.21. The second kappa shape index (κ2) is 7.11. The molecule has 2 aromatic carbocycles. The maximum Gasteiger partial charge on any atom is 0.328 e. The van der Waals surface area contributed by atoms with Gasteiger partial charge in [0.1, 0.15) is 11.8 Å².